The lowest BCUT2D eigenvalue weighted by Crippen LogP contribution is -2.35. The van der Waals surface area contributed by atoms with E-state index < -0.39 is 0 Å². The molecule has 1 aromatic heterocycles. The van der Waals surface area contributed by atoms with Crippen LogP contribution in [0.1, 0.15) is 73.0 Å². The van der Waals surface area contributed by atoms with Crippen LogP contribution in [0.3, 0.4) is 0 Å². The number of hydrogen-bond donors (Lipinski definition) is 0. The molecular weight excluding hydrogens is 288 g/mol. The molecule has 2 aliphatic rings. The summed E-state index contributed by atoms with van der Waals surface area (Å²) in [5.41, 5.74) is 1.47. The highest BCUT2D eigenvalue weighted by molar-refractivity contribution is 5.92. The smallest absolute Gasteiger partial charge is 0.272 e. The SMILES string of the molecule is Cc1cc(C(=O)N2CCCCCCC2)nc([C@H]2CCCN2C)n1. The highest BCUT2D eigenvalue weighted by Crippen LogP contribution is 2.28. The van der Waals surface area contributed by atoms with Crippen LogP contribution in [0.15, 0.2) is 6.07 Å². The van der Waals surface area contributed by atoms with Crippen LogP contribution in [0.4, 0.5) is 0 Å². The maximum Gasteiger partial charge on any atom is 0.272 e. The zero-order chi connectivity index (χ0) is 16.2. The minimum atomic E-state index is 0.0827. The van der Waals surface area contributed by atoms with Crippen LogP contribution in [0.25, 0.3) is 0 Å². The van der Waals surface area contributed by atoms with E-state index in [0.717, 1.165) is 50.4 Å². The van der Waals surface area contributed by atoms with Crippen LogP contribution in [0, 0.1) is 6.92 Å². The lowest BCUT2D eigenvalue weighted by Gasteiger charge is -2.25. The monoisotopic (exact) mass is 316 g/mol. The van der Waals surface area contributed by atoms with Crippen LogP contribution in [-0.4, -0.2) is 52.4 Å². The van der Waals surface area contributed by atoms with Crippen LogP contribution < -0.4 is 0 Å². The highest BCUT2D eigenvalue weighted by atomic mass is 16.2. The fourth-order valence-electron chi connectivity index (χ4n) is 3.70. The second kappa shape index (κ2) is 7.39. The third kappa shape index (κ3) is 3.89. The van der Waals surface area contributed by atoms with Gasteiger partial charge in [-0.2, -0.15) is 0 Å². The molecule has 0 N–H and O–H groups in total. The minimum Gasteiger partial charge on any atom is -0.337 e. The van der Waals surface area contributed by atoms with Crippen molar-refractivity contribution in [3.05, 3.63) is 23.3 Å². The maximum absolute atomic E-state index is 12.9. The second-order valence-electron chi connectivity index (χ2n) is 6.95. The van der Waals surface area contributed by atoms with Gasteiger partial charge in [-0.05, 0) is 52.3 Å². The predicted octanol–water partition coefficient (Wildman–Crippen LogP) is 2.96. The standard InChI is InChI=1S/C18H28N4O/c1-14-13-15(18(23)22-11-6-4-3-5-7-12-22)20-17(19-14)16-9-8-10-21(16)2/h13,16H,3-12H2,1-2H3/t16-/m1/s1. The number of nitrogens with zero attached hydrogens (tertiary/aromatic N) is 4. The average Bonchev–Trinajstić information content (AvgIpc) is 2.92. The van der Waals surface area contributed by atoms with Crippen molar-refractivity contribution in [1.29, 1.82) is 0 Å². The van der Waals surface area contributed by atoms with Crippen molar-refractivity contribution in [3.8, 4) is 0 Å². The van der Waals surface area contributed by atoms with Crippen LogP contribution in [-0.2, 0) is 0 Å². The van der Waals surface area contributed by atoms with E-state index in [1.165, 1.54) is 25.7 Å². The van der Waals surface area contributed by atoms with Crippen molar-refractivity contribution < 1.29 is 4.79 Å². The molecule has 5 nitrogen and oxygen atoms in total. The van der Waals surface area contributed by atoms with Gasteiger partial charge in [0.2, 0.25) is 0 Å². The van der Waals surface area contributed by atoms with E-state index in [0.29, 0.717) is 5.69 Å². The van der Waals surface area contributed by atoms with Gasteiger partial charge in [-0.25, -0.2) is 9.97 Å². The molecule has 23 heavy (non-hydrogen) atoms. The molecule has 0 aromatic carbocycles. The van der Waals surface area contributed by atoms with Gasteiger partial charge in [0.15, 0.2) is 0 Å². The first-order chi connectivity index (χ1) is 11.1. The molecule has 0 spiro atoms. The number of carbonyl (C=O) groups is 1. The van der Waals surface area contributed by atoms with Crippen LogP contribution >= 0.6 is 0 Å². The molecule has 1 aromatic rings. The number of likely N-dealkylation sites (tertiary alicyclic amines) is 2. The fraction of sp³-hybridized carbons (Fsp3) is 0.722. The third-order valence-corrected chi connectivity index (χ3v) is 5.05. The zero-order valence-corrected chi connectivity index (χ0v) is 14.4. The van der Waals surface area contributed by atoms with Gasteiger partial charge >= 0.3 is 0 Å². The van der Waals surface area contributed by atoms with Crippen LogP contribution in [0.5, 0.6) is 0 Å². The molecule has 2 fully saturated rings. The quantitative estimate of drug-likeness (QED) is 0.842. The van der Waals surface area contributed by atoms with Crippen molar-refractivity contribution in [2.45, 2.75) is 57.9 Å². The van der Waals surface area contributed by atoms with E-state index in [1.54, 1.807) is 0 Å². The normalized spacial score (nSPS) is 23.6. The largest absolute Gasteiger partial charge is 0.337 e. The molecule has 1 atom stereocenters. The predicted molar refractivity (Wildman–Crippen MR) is 90.4 cm³/mol. The zero-order valence-electron chi connectivity index (χ0n) is 14.4. The Balaban J connectivity index is 1.80. The van der Waals surface area contributed by atoms with E-state index in [9.17, 15) is 4.79 Å². The lowest BCUT2D eigenvalue weighted by molar-refractivity contribution is 0.0735. The van der Waals surface area contributed by atoms with Gasteiger partial charge in [0, 0.05) is 18.8 Å². The van der Waals surface area contributed by atoms with E-state index in [-0.39, 0.29) is 11.9 Å². The molecule has 3 rings (SSSR count). The lowest BCUT2D eigenvalue weighted by atomic mass is 10.1. The number of aryl methyl sites for hydroxylation is 1. The summed E-state index contributed by atoms with van der Waals surface area (Å²) in [5.74, 6) is 0.902. The van der Waals surface area contributed by atoms with Gasteiger partial charge in [0.25, 0.3) is 5.91 Å². The Labute approximate surface area is 139 Å². The molecule has 0 saturated carbocycles. The molecule has 0 aliphatic carbocycles. The summed E-state index contributed by atoms with van der Waals surface area (Å²) >= 11 is 0. The number of amides is 1. The average molecular weight is 316 g/mol. The molecule has 0 bridgehead atoms. The van der Waals surface area contributed by atoms with Gasteiger partial charge in [-0.3, -0.25) is 9.69 Å². The molecular formula is C18H28N4O. The maximum atomic E-state index is 12.9. The molecule has 0 unspecified atom stereocenters. The fourth-order valence-corrected chi connectivity index (χ4v) is 3.70. The topological polar surface area (TPSA) is 49.3 Å². The van der Waals surface area contributed by atoms with Crippen molar-refractivity contribution in [2.24, 2.45) is 0 Å². The molecule has 0 radical (unpaired) electrons. The van der Waals surface area contributed by atoms with Gasteiger partial charge in [-0.15, -0.1) is 0 Å². The molecule has 2 saturated heterocycles. The molecule has 126 valence electrons. The Morgan fingerprint density at radius 2 is 1.74 bits per heavy atom. The Hall–Kier alpha value is -1.49. The number of aromatic nitrogens is 2. The Kier molecular flexibility index (Phi) is 5.26. The Bertz CT molecular complexity index is 552. The summed E-state index contributed by atoms with van der Waals surface area (Å²) in [6, 6.07) is 2.10. The minimum absolute atomic E-state index is 0.0827. The number of carbonyl (C=O) groups excluding carboxylic acids is 1. The summed E-state index contributed by atoms with van der Waals surface area (Å²) in [7, 11) is 2.11. The van der Waals surface area contributed by atoms with E-state index >= 15 is 0 Å². The molecule has 3 heterocycles. The molecule has 5 heteroatoms. The molecule has 1 amide bonds. The van der Waals surface area contributed by atoms with Gasteiger partial charge in [0.1, 0.15) is 11.5 Å². The summed E-state index contributed by atoms with van der Waals surface area (Å²) in [5, 5.41) is 0. The first kappa shape index (κ1) is 16.4. The van der Waals surface area contributed by atoms with E-state index in [4.69, 9.17) is 0 Å². The number of rotatable bonds is 2. The van der Waals surface area contributed by atoms with Gasteiger partial charge < -0.3 is 4.90 Å². The third-order valence-electron chi connectivity index (χ3n) is 5.05. The van der Waals surface area contributed by atoms with Crippen molar-refractivity contribution in [1.82, 2.24) is 19.8 Å². The second-order valence-corrected chi connectivity index (χ2v) is 6.95. The Morgan fingerprint density at radius 3 is 2.39 bits per heavy atom. The summed E-state index contributed by atoms with van der Waals surface area (Å²) in [6.07, 6.45) is 8.22. The van der Waals surface area contributed by atoms with Crippen molar-refractivity contribution >= 4 is 5.91 Å². The van der Waals surface area contributed by atoms with E-state index in [1.807, 2.05) is 17.9 Å². The summed E-state index contributed by atoms with van der Waals surface area (Å²) < 4.78 is 0. The van der Waals surface area contributed by atoms with Gasteiger partial charge in [0.05, 0.1) is 6.04 Å². The number of hydrogen-bond acceptors (Lipinski definition) is 4. The van der Waals surface area contributed by atoms with Crippen molar-refractivity contribution in [3.63, 3.8) is 0 Å². The first-order valence-electron chi connectivity index (χ1n) is 9.00. The van der Waals surface area contributed by atoms with Gasteiger partial charge in [-0.1, -0.05) is 19.3 Å². The first-order valence-corrected chi connectivity index (χ1v) is 9.00. The molecule has 2 aliphatic heterocycles. The van der Waals surface area contributed by atoms with Crippen molar-refractivity contribution in [2.75, 3.05) is 26.7 Å². The van der Waals surface area contributed by atoms with Crippen LogP contribution in [0.2, 0.25) is 0 Å². The summed E-state index contributed by atoms with van der Waals surface area (Å²) in [4.78, 5) is 26.4. The Morgan fingerprint density at radius 1 is 1.04 bits per heavy atom. The highest BCUT2D eigenvalue weighted by Gasteiger charge is 2.27. The summed E-state index contributed by atoms with van der Waals surface area (Å²) in [6.45, 7) is 4.77. The van der Waals surface area contributed by atoms with E-state index in [2.05, 4.69) is 21.9 Å².